The maximum absolute atomic E-state index is 13.0. The minimum atomic E-state index is -1.78. The quantitative estimate of drug-likeness (QED) is 0.0171. The van der Waals surface area contributed by atoms with E-state index in [2.05, 4.69) is 62.5 Å². The van der Waals surface area contributed by atoms with Crippen molar-refractivity contribution in [1.29, 1.82) is 0 Å². The maximum atomic E-state index is 13.0. The van der Waals surface area contributed by atoms with E-state index in [1.807, 2.05) is 12.2 Å². The fraction of sp³-hybridized carbons (Fsp3) is 0.800. The molecule has 2 aliphatic rings. The number of aliphatic hydroxyl groups is 7. The summed E-state index contributed by atoms with van der Waals surface area (Å²) in [5, 5.41) is 72.3. The highest BCUT2D eigenvalue weighted by Gasteiger charge is 2.47. The Balaban J connectivity index is 1.78. The van der Waals surface area contributed by atoms with Crippen LogP contribution in [0.2, 0.25) is 0 Å². The van der Waals surface area contributed by atoms with Gasteiger partial charge in [0.1, 0.15) is 55.4 Å². The third-order valence-electron chi connectivity index (χ3n) is 13.8. The average molecular weight is 1070 g/mol. The average Bonchev–Trinajstić information content (AvgIpc) is 3.40. The predicted octanol–water partition coefficient (Wildman–Crippen LogP) is 10.00. The largest absolute Gasteiger partial charge is 0.462 e. The molecule has 2 rings (SSSR count). The minimum Gasteiger partial charge on any atom is -0.462 e. The number of allylic oxidation sites excluding steroid dienone is 10. The first-order chi connectivity index (χ1) is 36.5. The third kappa shape index (κ3) is 33.3. The molecule has 0 aromatic carbocycles. The highest BCUT2D eigenvalue weighted by Crippen LogP contribution is 2.27. The van der Waals surface area contributed by atoms with Crippen LogP contribution < -0.4 is 0 Å². The molecule has 2 aliphatic heterocycles. The molecule has 0 spiro atoms. The van der Waals surface area contributed by atoms with Gasteiger partial charge in [0.2, 0.25) is 0 Å². The number of rotatable bonds is 46. The van der Waals surface area contributed by atoms with Crippen molar-refractivity contribution < 1.29 is 73.8 Å². The molecule has 0 aliphatic carbocycles. The van der Waals surface area contributed by atoms with Crippen LogP contribution in [0.15, 0.2) is 60.8 Å². The van der Waals surface area contributed by atoms with Gasteiger partial charge in [-0.25, -0.2) is 0 Å². The number of unbranched alkanes of at least 4 members (excludes halogenated alkanes) is 22. The summed E-state index contributed by atoms with van der Waals surface area (Å²) in [6, 6.07) is 0. The Morgan fingerprint density at radius 3 is 1.31 bits per heavy atom. The molecule has 7 N–H and O–H groups in total. The number of ether oxygens (including phenoxy) is 6. The number of hydrogen-bond donors (Lipinski definition) is 7. The van der Waals surface area contributed by atoms with Crippen LogP contribution in [0.25, 0.3) is 0 Å². The number of hydrogen-bond acceptors (Lipinski definition) is 15. The van der Waals surface area contributed by atoms with E-state index in [1.165, 1.54) is 122 Å². The van der Waals surface area contributed by atoms with E-state index in [0.29, 0.717) is 19.3 Å². The number of esters is 2. The van der Waals surface area contributed by atoms with Crippen molar-refractivity contribution in [3.8, 4) is 0 Å². The van der Waals surface area contributed by atoms with Crippen LogP contribution >= 0.6 is 0 Å². The highest BCUT2D eigenvalue weighted by atomic mass is 16.7. The second-order valence-electron chi connectivity index (χ2n) is 20.5. The molecule has 15 nitrogen and oxygen atoms in total. The molecule has 0 bridgehead atoms. The fourth-order valence-corrected chi connectivity index (χ4v) is 8.97. The summed E-state index contributed by atoms with van der Waals surface area (Å²) < 4.78 is 33.6. The van der Waals surface area contributed by atoms with Crippen molar-refractivity contribution >= 4 is 11.9 Å². The molecule has 11 atom stereocenters. The zero-order chi connectivity index (χ0) is 54.6. The molecule has 0 aromatic rings. The Labute approximate surface area is 451 Å². The molecule has 0 radical (unpaired) electrons. The summed E-state index contributed by atoms with van der Waals surface area (Å²) in [6.45, 7) is 2.52. The van der Waals surface area contributed by atoms with Crippen LogP contribution in [-0.4, -0.2) is 142 Å². The van der Waals surface area contributed by atoms with Crippen molar-refractivity contribution in [2.24, 2.45) is 0 Å². The van der Waals surface area contributed by atoms with Gasteiger partial charge in [-0.3, -0.25) is 9.59 Å². The van der Waals surface area contributed by atoms with Crippen LogP contribution in [0.1, 0.15) is 213 Å². The minimum absolute atomic E-state index is 0.0415. The van der Waals surface area contributed by atoms with Crippen molar-refractivity contribution in [1.82, 2.24) is 0 Å². The topological polar surface area (TPSA) is 231 Å². The van der Waals surface area contributed by atoms with Crippen molar-refractivity contribution in [2.45, 2.75) is 280 Å². The van der Waals surface area contributed by atoms with Gasteiger partial charge in [-0.15, -0.1) is 0 Å². The van der Waals surface area contributed by atoms with Gasteiger partial charge in [0, 0.05) is 12.8 Å². The highest BCUT2D eigenvalue weighted by molar-refractivity contribution is 5.70. The standard InChI is InChI=1S/C60H104O15/c1-3-5-7-9-11-13-15-17-19-21-23-25-26-28-30-32-34-36-38-40-42-51(62)70-45-48(73-52(63)43-41-39-37-35-33-31-29-27-24-22-20-18-16-14-12-10-8-6-4-2)46-71-59-58(69)56(67)54(65)50(75-59)47-72-60-57(68)55(66)53(64)49(44-61)74-60/h12,14,18,20,24,27,31,33,37,39,48-50,53-61,64-69H,3-11,13,15-17,19,21-23,25-26,28-30,32,34-36,38,40-47H2,1-2H3/b14-12+,20-18+,27-24+,33-31+,39-37+/t48-,49+,50+,53-,54-,55?,56?,57?,58?,59+,60+/m0/s1. The molecule has 75 heavy (non-hydrogen) atoms. The lowest BCUT2D eigenvalue weighted by atomic mass is 9.98. The van der Waals surface area contributed by atoms with Gasteiger partial charge < -0.3 is 64.2 Å². The molecular weight excluding hydrogens is 961 g/mol. The monoisotopic (exact) mass is 1060 g/mol. The van der Waals surface area contributed by atoms with Gasteiger partial charge >= 0.3 is 11.9 Å². The zero-order valence-corrected chi connectivity index (χ0v) is 46.3. The second kappa shape index (κ2) is 46.1. The van der Waals surface area contributed by atoms with Gasteiger partial charge in [0.25, 0.3) is 0 Å². The molecule has 15 heteroatoms. The molecule has 4 unspecified atom stereocenters. The van der Waals surface area contributed by atoms with E-state index in [1.54, 1.807) is 0 Å². The molecule has 0 saturated carbocycles. The third-order valence-corrected chi connectivity index (χ3v) is 13.8. The number of carbonyl (C=O) groups is 2. The van der Waals surface area contributed by atoms with Gasteiger partial charge in [0.05, 0.1) is 19.8 Å². The van der Waals surface area contributed by atoms with Gasteiger partial charge in [0.15, 0.2) is 18.7 Å². The molecule has 0 aromatic heterocycles. The Morgan fingerprint density at radius 2 is 0.827 bits per heavy atom. The molecule has 0 amide bonds. The number of aliphatic hydroxyl groups excluding tert-OH is 7. The van der Waals surface area contributed by atoms with Crippen molar-refractivity contribution in [3.05, 3.63) is 60.8 Å². The lowest BCUT2D eigenvalue weighted by Gasteiger charge is -2.42. The fourth-order valence-electron chi connectivity index (χ4n) is 8.97. The first-order valence-electron chi connectivity index (χ1n) is 29.4. The van der Waals surface area contributed by atoms with E-state index in [4.69, 9.17) is 28.4 Å². The van der Waals surface area contributed by atoms with Crippen LogP contribution in [-0.2, 0) is 38.0 Å². The summed E-state index contributed by atoms with van der Waals surface area (Å²) in [6.07, 6.45) is 38.3. The SMILES string of the molecule is CCCCC/C=C/C/C=C/C/C=C/C/C=C/C/C=C/CCC(=O)O[C@@H](COC(=O)CCCCCCCCCCCCCCCCCCCCCC)CO[C@@H]1O[C@H](CO[C@@H]2O[C@H](CO)[C@H](O)C(O)C2O)[C@H](O)C(O)C1O. The smallest absolute Gasteiger partial charge is 0.306 e. The van der Waals surface area contributed by atoms with E-state index < -0.39 is 99.3 Å². The lowest BCUT2D eigenvalue weighted by Crippen LogP contribution is -2.61. The van der Waals surface area contributed by atoms with Crippen LogP contribution in [0.5, 0.6) is 0 Å². The summed E-state index contributed by atoms with van der Waals surface area (Å²) in [7, 11) is 0. The normalized spacial score (nSPS) is 24.9. The van der Waals surface area contributed by atoms with Crippen LogP contribution in [0.3, 0.4) is 0 Å². The summed E-state index contributed by atoms with van der Waals surface area (Å²) in [5.74, 6) is -1.02. The van der Waals surface area contributed by atoms with Gasteiger partial charge in [-0.1, -0.05) is 209 Å². The molecular formula is C60H104O15. The Bertz CT molecular complexity index is 1530. The molecule has 2 heterocycles. The molecule has 434 valence electrons. The van der Waals surface area contributed by atoms with E-state index in [-0.39, 0.29) is 19.4 Å². The summed E-state index contributed by atoms with van der Waals surface area (Å²) >= 11 is 0. The first-order valence-corrected chi connectivity index (χ1v) is 29.4. The van der Waals surface area contributed by atoms with E-state index >= 15 is 0 Å². The van der Waals surface area contributed by atoms with E-state index in [0.717, 1.165) is 44.9 Å². The second-order valence-corrected chi connectivity index (χ2v) is 20.5. The Morgan fingerprint density at radius 1 is 0.427 bits per heavy atom. The van der Waals surface area contributed by atoms with Crippen LogP contribution in [0.4, 0.5) is 0 Å². The summed E-state index contributed by atoms with van der Waals surface area (Å²) in [5.41, 5.74) is 0. The lowest BCUT2D eigenvalue weighted by molar-refractivity contribution is -0.332. The predicted molar refractivity (Wildman–Crippen MR) is 293 cm³/mol. The zero-order valence-electron chi connectivity index (χ0n) is 46.3. The number of carbonyl (C=O) groups excluding carboxylic acids is 2. The molecule has 2 saturated heterocycles. The van der Waals surface area contributed by atoms with Gasteiger partial charge in [-0.2, -0.15) is 0 Å². The van der Waals surface area contributed by atoms with Crippen molar-refractivity contribution in [3.63, 3.8) is 0 Å². The first kappa shape index (κ1) is 68.3. The molecule has 2 fully saturated rings. The van der Waals surface area contributed by atoms with Gasteiger partial charge in [-0.05, 0) is 51.4 Å². The maximum Gasteiger partial charge on any atom is 0.306 e. The Hall–Kier alpha value is -2.80. The van der Waals surface area contributed by atoms with E-state index in [9.17, 15) is 45.3 Å². The van der Waals surface area contributed by atoms with Crippen LogP contribution in [0, 0.1) is 0 Å². The Kier molecular flexibility index (Phi) is 42.0. The van der Waals surface area contributed by atoms with Crippen molar-refractivity contribution in [2.75, 3.05) is 26.4 Å². The summed E-state index contributed by atoms with van der Waals surface area (Å²) in [4.78, 5) is 25.9.